The molecule has 0 saturated heterocycles. The maximum Gasteiger partial charge on any atom is 0.303 e. The van der Waals surface area contributed by atoms with Gasteiger partial charge in [-0.3, -0.25) is 9.59 Å². The van der Waals surface area contributed by atoms with Gasteiger partial charge in [0.15, 0.2) is 5.78 Å². The van der Waals surface area contributed by atoms with Crippen molar-refractivity contribution in [3.05, 3.63) is 34.9 Å². The number of aliphatic hydroxyl groups is 1. The molecule has 4 aliphatic rings. The highest BCUT2D eigenvalue weighted by Crippen LogP contribution is 2.74. The Kier molecular flexibility index (Phi) is 7.47. The van der Waals surface area contributed by atoms with Crippen molar-refractivity contribution in [1.82, 2.24) is 0 Å². The van der Waals surface area contributed by atoms with Gasteiger partial charge in [-0.15, -0.1) is 0 Å². The molecular weight excluding hydrogens is 476 g/mol. The average Bonchev–Trinajstić information content (AvgIpc) is 3.00. The molecule has 0 aliphatic heterocycles. The highest BCUT2D eigenvalue weighted by Gasteiger charge is 2.74. The van der Waals surface area contributed by atoms with Crippen LogP contribution in [0.5, 0.6) is 0 Å². The fourth-order valence-corrected chi connectivity index (χ4v) is 9.93. The van der Waals surface area contributed by atoms with E-state index in [-0.39, 0.29) is 46.6 Å². The van der Waals surface area contributed by atoms with Gasteiger partial charge in [0, 0.05) is 29.7 Å². The summed E-state index contributed by atoms with van der Waals surface area (Å²) in [5.74, 6) is 0.400. The smallest absolute Gasteiger partial charge is 0.303 e. The zero-order valence-electron chi connectivity index (χ0n) is 24.8. The number of ether oxygens (including phenoxy) is 1. The van der Waals surface area contributed by atoms with Crippen molar-refractivity contribution in [2.24, 2.45) is 45.5 Å². The molecule has 4 aliphatic carbocycles. The van der Waals surface area contributed by atoms with E-state index in [1.54, 1.807) is 6.92 Å². The average molecular weight is 527 g/mol. The Morgan fingerprint density at radius 2 is 1.71 bits per heavy atom. The number of esters is 1. The van der Waals surface area contributed by atoms with Crippen molar-refractivity contribution >= 4 is 11.8 Å². The van der Waals surface area contributed by atoms with Crippen LogP contribution in [0.2, 0.25) is 0 Å². The number of hydrogen-bond donors (Lipinski definition) is 3. The van der Waals surface area contributed by atoms with Crippen LogP contribution in [0.3, 0.4) is 0 Å². The second kappa shape index (κ2) is 9.71. The zero-order valence-corrected chi connectivity index (χ0v) is 24.8. The molecule has 4 fully saturated rings. The molecule has 6 nitrogen and oxygen atoms in total. The summed E-state index contributed by atoms with van der Waals surface area (Å²) in [5, 5.41) is 10.7. The highest BCUT2D eigenvalue weighted by molar-refractivity contribution is 5.98. The minimum absolute atomic E-state index is 0.00838. The first-order chi connectivity index (χ1) is 17.5. The van der Waals surface area contributed by atoms with E-state index in [1.165, 1.54) is 6.92 Å². The number of rotatable bonds is 4. The Balaban J connectivity index is 1.92. The molecule has 10 atom stereocenters. The molecule has 212 valence electrons. The Labute approximate surface area is 229 Å². The summed E-state index contributed by atoms with van der Waals surface area (Å²) in [6.07, 6.45) is 9.66. The number of aliphatic hydroxyl groups excluding tert-OH is 1. The van der Waals surface area contributed by atoms with Crippen molar-refractivity contribution in [2.45, 2.75) is 118 Å². The fraction of sp³-hybridized carbons (Fsp3) is 0.750. The van der Waals surface area contributed by atoms with Crippen molar-refractivity contribution < 1.29 is 19.4 Å². The van der Waals surface area contributed by atoms with Crippen LogP contribution in [-0.4, -0.2) is 40.6 Å². The molecule has 0 aromatic heterocycles. The van der Waals surface area contributed by atoms with Crippen LogP contribution in [0.25, 0.3) is 0 Å². The third kappa shape index (κ3) is 4.08. The summed E-state index contributed by atoms with van der Waals surface area (Å²) in [6, 6.07) is -0.172. The first-order valence-electron chi connectivity index (χ1n) is 14.5. The van der Waals surface area contributed by atoms with Crippen molar-refractivity contribution in [1.29, 1.82) is 0 Å². The number of fused-ring (bicyclic) bond motifs is 5. The Morgan fingerprint density at radius 1 is 1.05 bits per heavy atom. The molecule has 0 heterocycles. The van der Waals surface area contributed by atoms with E-state index in [0.29, 0.717) is 24.3 Å². The number of allylic oxidation sites excluding steroid dienone is 5. The second-order valence-electron chi connectivity index (χ2n) is 14.0. The largest absolute Gasteiger partial charge is 0.458 e. The lowest BCUT2D eigenvalue weighted by atomic mass is 9.35. The molecule has 0 aromatic carbocycles. The van der Waals surface area contributed by atoms with Crippen molar-refractivity contribution in [2.75, 3.05) is 0 Å². The van der Waals surface area contributed by atoms with Gasteiger partial charge in [0.2, 0.25) is 0 Å². The molecule has 0 unspecified atom stereocenters. The van der Waals surface area contributed by atoms with E-state index in [2.05, 4.69) is 27.7 Å². The van der Waals surface area contributed by atoms with E-state index in [1.807, 2.05) is 32.1 Å². The molecule has 6 heteroatoms. The van der Waals surface area contributed by atoms with E-state index < -0.39 is 17.1 Å². The number of hydrogen-bond acceptors (Lipinski definition) is 6. The number of Topliss-reactive ketones (excluding diaryl/α,β-unsaturated/α-hetero) is 1. The lowest BCUT2D eigenvalue weighted by molar-refractivity contribution is -0.208. The molecule has 4 saturated carbocycles. The minimum Gasteiger partial charge on any atom is -0.458 e. The van der Waals surface area contributed by atoms with Gasteiger partial charge in [-0.25, -0.2) is 0 Å². The van der Waals surface area contributed by atoms with Crippen LogP contribution in [0.15, 0.2) is 34.9 Å². The number of ketones is 1. The lowest BCUT2D eigenvalue weighted by Gasteiger charge is -2.71. The second-order valence-corrected chi connectivity index (χ2v) is 14.0. The molecule has 0 radical (unpaired) electrons. The molecule has 38 heavy (non-hydrogen) atoms. The van der Waals surface area contributed by atoms with Gasteiger partial charge in [0.05, 0.1) is 6.10 Å². The van der Waals surface area contributed by atoms with Crippen LogP contribution in [0.4, 0.5) is 0 Å². The first-order valence-corrected chi connectivity index (χ1v) is 14.5. The number of carbonyl (C=O) groups excluding carboxylic acids is 2. The molecule has 0 bridgehead atoms. The molecule has 0 spiro atoms. The SMILES string of the molecule is CC(=O)O[C@H]1C[C@@]2(C)[C@@](N)(C[C@@H](N)[C@H]3[C@@]4(C)CC[C@@H](O)[C@@H](C)[C@@H]4CC[C@@]32C)/C1=C(\C=C\C=C(C)C)C(C)=O. The quantitative estimate of drug-likeness (QED) is 0.270. The molecule has 0 amide bonds. The first kappa shape index (κ1) is 29.2. The van der Waals surface area contributed by atoms with Crippen molar-refractivity contribution in [3.8, 4) is 0 Å². The van der Waals surface area contributed by atoms with Crippen LogP contribution < -0.4 is 11.5 Å². The number of nitrogens with two attached hydrogens (primary N) is 2. The predicted octanol–water partition coefficient (Wildman–Crippen LogP) is 4.99. The summed E-state index contributed by atoms with van der Waals surface area (Å²) in [4.78, 5) is 25.5. The van der Waals surface area contributed by atoms with Gasteiger partial charge in [0.25, 0.3) is 0 Å². The van der Waals surface area contributed by atoms with E-state index >= 15 is 0 Å². The Hall–Kier alpha value is -1.76. The topological polar surface area (TPSA) is 116 Å². The highest BCUT2D eigenvalue weighted by atomic mass is 16.5. The molecule has 0 aromatic rings. The maximum absolute atomic E-state index is 13.1. The molecular formula is C32H50N2O4. The van der Waals surface area contributed by atoms with Gasteiger partial charge in [-0.1, -0.05) is 51.5 Å². The zero-order chi connectivity index (χ0) is 28.4. The Morgan fingerprint density at radius 3 is 2.29 bits per heavy atom. The van der Waals surface area contributed by atoms with Crippen LogP contribution >= 0.6 is 0 Å². The maximum atomic E-state index is 13.1. The third-order valence-corrected chi connectivity index (χ3v) is 11.7. The minimum atomic E-state index is -0.892. The summed E-state index contributed by atoms with van der Waals surface area (Å²) < 4.78 is 5.98. The summed E-state index contributed by atoms with van der Waals surface area (Å²) >= 11 is 0. The predicted molar refractivity (Wildman–Crippen MR) is 151 cm³/mol. The standard InChI is InChI=1S/C32H50N2O4/c1-18(2)10-9-11-22(20(4)35)27-26(38-21(5)36)17-31(8)30(7)15-12-23-19(3)25(37)13-14-29(23,6)28(30)24(33)16-32(27,31)34/h9-11,19,23-26,28,37H,12-17,33-34H2,1-8H3/b11-9+,27-22+/t19-,23-,24+,25+,26-,28-,29-,30-,31+,32+/m0/s1. The van der Waals surface area contributed by atoms with Gasteiger partial charge in [-0.05, 0) is 93.3 Å². The van der Waals surface area contributed by atoms with Crippen molar-refractivity contribution in [3.63, 3.8) is 0 Å². The van der Waals surface area contributed by atoms with Crippen LogP contribution in [0, 0.1) is 34.0 Å². The Bertz CT molecular complexity index is 1090. The van der Waals surface area contributed by atoms with Gasteiger partial charge in [-0.2, -0.15) is 0 Å². The van der Waals surface area contributed by atoms with Crippen LogP contribution in [-0.2, 0) is 14.3 Å². The summed E-state index contributed by atoms with van der Waals surface area (Å²) in [7, 11) is 0. The molecule has 4 rings (SSSR count). The van der Waals surface area contributed by atoms with Gasteiger partial charge < -0.3 is 21.3 Å². The lowest BCUT2D eigenvalue weighted by Crippen LogP contribution is -2.74. The van der Waals surface area contributed by atoms with E-state index in [9.17, 15) is 14.7 Å². The summed E-state index contributed by atoms with van der Waals surface area (Å²) in [5.41, 5.74) is 15.6. The van der Waals surface area contributed by atoms with Gasteiger partial charge in [0.1, 0.15) is 6.10 Å². The van der Waals surface area contributed by atoms with E-state index in [0.717, 1.165) is 36.8 Å². The van der Waals surface area contributed by atoms with Crippen LogP contribution in [0.1, 0.15) is 93.9 Å². The summed E-state index contributed by atoms with van der Waals surface area (Å²) in [6.45, 7) is 16.2. The van der Waals surface area contributed by atoms with Gasteiger partial charge >= 0.3 is 5.97 Å². The monoisotopic (exact) mass is 526 g/mol. The number of carbonyl (C=O) groups is 2. The normalized spacial score (nSPS) is 47.6. The molecule has 5 N–H and O–H groups in total. The third-order valence-electron chi connectivity index (χ3n) is 11.7. The van der Waals surface area contributed by atoms with E-state index in [4.69, 9.17) is 16.2 Å². The fourth-order valence-electron chi connectivity index (χ4n) is 9.93.